The molecule has 2 rings (SSSR count). The number of rotatable bonds is 2. The Kier molecular flexibility index (Phi) is 5.32. The van der Waals surface area contributed by atoms with Crippen molar-refractivity contribution in [3.05, 3.63) is 64.4 Å². The molecule has 0 N–H and O–H groups in total. The van der Waals surface area contributed by atoms with Crippen molar-refractivity contribution in [1.29, 1.82) is 0 Å². The molecule has 0 spiro atoms. The lowest BCUT2D eigenvalue weighted by atomic mass is 9.78. The highest BCUT2D eigenvalue weighted by Crippen LogP contribution is 2.38. The van der Waals surface area contributed by atoms with Crippen molar-refractivity contribution in [3.8, 4) is 0 Å². The van der Waals surface area contributed by atoms with Crippen molar-refractivity contribution >= 4 is 23.1 Å². The molecule has 1 aliphatic rings. The quantitative estimate of drug-likeness (QED) is 0.560. The molecule has 0 bridgehead atoms. The molecule has 0 amide bonds. The number of allylic oxidation sites excluding steroid dienone is 5. The monoisotopic (exact) mass is 368 g/mol. The summed E-state index contributed by atoms with van der Waals surface area (Å²) in [7, 11) is 0. The number of nitrogens with zero attached hydrogens (tertiary/aromatic N) is 2. The average molecular weight is 369 g/mol. The van der Waals surface area contributed by atoms with E-state index in [-0.39, 0.29) is 11.1 Å². The largest absolute Gasteiger partial charge is 0.420 e. The summed E-state index contributed by atoms with van der Waals surface area (Å²) < 4.78 is 39.4. The van der Waals surface area contributed by atoms with Crippen LogP contribution in [-0.4, -0.2) is 12.0 Å². The van der Waals surface area contributed by atoms with Gasteiger partial charge in [-0.2, -0.15) is 23.4 Å². The second-order valence-corrected chi connectivity index (χ2v) is 6.95. The number of carbonyl (C=O) groups excluding carboxylic acids is 1. The Labute approximate surface area is 148 Å². The van der Waals surface area contributed by atoms with E-state index in [9.17, 15) is 18.0 Å². The Morgan fingerprint density at radius 3 is 2.08 bits per heavy atom. The first-order chi connectivity index (χ1) is 11.5. The van der Waals surface area contributed by atoms with Gasteiger partial charge in [0.15, 0.2) is 5.78 Å². The first-order valence-electron chi connectivity index (χ1n) is 7.41. The Hall–Kier alpha value is -2.21. The Morgan fingerprint density at radius 1 is 1.00 bits per heavy atom. The summed E-state index contributed by atoms with van der Waals surface area (Å²) in [6.07, 6.45) is -1.33. The first kappa shape index (κ1) is 19.1. The van der Waals surface area contributed by atoms with Crippen LogP contribution in [0, 0.1) is 5.41 Å². The molecule has 132 valence electrons. The van der Waals surface area contributed by atoms with Gasteiger partial charge in [0.05, 0.1) is 11.9 Å². The van der Waals surface area contributed by atoms with Gasteiger partial charge in [-0.1, -0.05) is 32.4 Å². The number of halogens is 4. The van der Waals surface area contributed by atoms with Gasteiger partial charge < -0.3 is 0 Å². The van der Waals surface area contributed by atoms with Gasteiger partial charge in [0, 0.05) is 10.6 Å². The van der Waals surface area contributed by atoms with Crippen molar-refractivity contribution in [3.63, 3.8) is 0 Å². The van der Waals surface area contributed by atoms with E-state index in [1.54, 1.807) is 45.0 Å². The van der Waals surface area contributed by atoms with Gasteiger partial charge in [-0.3, -0.25) is 4.79 Å². The highest BCUT2D eigenvalue weighted by molar-refractivity contribution is 6.30. The van der Waals surface area contributed by atoms with Gasteiger partial charge in [0.1, 0.15) is 5.57 Å². The molecular weight excluding hydrogens is 353 g/mol. The smallest absolute Gasteiger partial charge is 0.289 e. The minimum atomic E-state index is -4.73. The zero-order chi connectivity index (χ0) is 18.8. The third-order valence-electron chi connectivity index (χ3n) is 3.43. The van der Waals surface area contributed by atoms with Crippen molar-refractivity contribution in [2.75, 3.05) is 0 Å². The zero-order valence-electron chi connectivity index (χ0n) is 13.9. The van der Waals surface area contributed by atoms with Gasteiger partial charge >= 0.3 is 6.18 Å². The van der Waals surface area contributed by atoms with Crippen molar-refractivity contribution in [2.45, 2.75) is 26.9 Å². The predicted molar refractivity (Wildman–Crippen MR) is 90.7 cm³/mol. The lowest BCUT2D eigenvalue weighted by molar-refractivity contribution is -0.126. The number of azo groups is 1. The third-order valence-corrected chi connectivity index (χ3v) is 3.68. The van der Waals surface area contributed by atoms with Gasteiger partial charge in [0.25, 0.3) is 0 Å². The summed E-state index contributed by atoms with van der Waals surface area (Å²) in [6.45, 7) is 5.05. The molecule has 3 nitrogen and oxygen atoms in total. The van der Waals surface area contributed by atoms with E-state index in [4.69, 9.17) is 11.6 Å². The molecule has 0 unspecified atom stereocenters. The molecule has 0 atom stereocenters. The fourth-order valence-corrected chi connectivity index (χ4v) is 2.29. The molecule has 25 heavy (non-hydrogen) atoms. The molecule has 0 aromatic heterocycles. The summed E-state index contributed by atoms with van der Waals surface area (Å²) in [6, 6.07) is 6.51. The van der Waals surface area contributed by atoms with Gasteiger partial charge in [-0.05, 0) is 47.4 Å². The zero-order valence-corrected chi connectivity index (χ0v) is 14.6. The van der Waals surface area contributed by atoms with Crippen LogP contribution in [0.1, 0.15) is 20.8 Å². The fraction of sp³-hybridized carbons (Fsp3) is 0.278. The van der Waals surface area contributed by atoms with Crippen molar-refractivity contribution in [2.24, 2.45) is 15.6 Å². The summed E-state index contributed by atoms with van der Waals surface area (Å²) in [5, 5.41) is 8.25. The van der Waals surface area contributed by atoms with Crippen LogP contribution >= 0.6 is 11.6 Å². The van der Waals surface area contributed by atoms with E-state index < -0.39 is 22.9 Å². The lowest BCUT2D eigenvalue weighted by Gasteiger charge is -2.26. The maximum absolute atomic E-state index is 13.1. The van der Waals surface area contributed by atoms with E-state index in [0.29, 0.717) is 10.7 Å². The molecule has 7 heteroatoms. The normalized spacial score (nSPS) is 17.9. The number of hydrogen-bond acceptors (Lipinski definition) is 3. The number of hydrogen-bond donors (Lipinski definition) is 0. The summed E-state index contributed by atoms with van der Waals surface area (Å²) in [4.78, 5) is 12.1. The van der Waals surface area contributed by atoms with Crippen LogP contribution in [0.25, 0.3) is 0 Å². The fourth-order valence-electron chi connectivity index (χ4n) is 2.16. The average Bonchev–Trinajstić information content (AvgIpc) is 2.48. The van der Waals surface area contributed by atoms with Crippen molar-refractivity contribution in [1.82, 2.24) is 0 Å². The third kappa shape index (κ3) is 4.89. The van der Waals surface area contributed by atoms with E-state index in [1.807, 2.05) is 0 Å². The second-order valence-electron chi connectivity index (χ2n) is 6.51. The van der Waals surface area contributed by atoms with Gasteiger partial charge in [-0.25, -0.2) is 0 Å². The molecule has 0 radical (unpaired) electrons. The number of alkyl halides is 3. The van der Waals surface area contributed by atoms with Gasteiger partial charge in [0.2, 0.25) is 0 Å². The molecule has 1 aromatic rings. The van der Waals surface area contributed by atoms with Crippen LogP contribution in [0.5, 0.6) is 0 Å². The van der Waals surface area contributed by atoms with Crippen molar-refractivity contribution < 1.29 is 18.0 Å². The van der Waals surface area contributed by atoms with E-state index >= 15 is 0 Å². The minimum Gasteiger partial charge on any atom is -0.289 e. The molecule has 0 heterocycles. The van der Waals surface area contributed by atoms with Crippen LogP contribution < -0.4 is 0 Å². The minimum absolute atomic E-state index is 0.0790. The Morgan fingerprint density at radius 2 is 1.56 bits per heavy atom. The highest BCUT2D eigenvalue weighted by atomic mass is 35.5. The van der Waals surface area contributed by atoms with E-state index in [2.05, 4.69) is 10.2 Å². The van der Waals surface area contributed by atoms with Crippen LogP contribution in [0.15, 0.2) is 69.6 Å². The number of carbonyl (C=O) groups is 1. The van der Waals surface area contributed by atoms with E-state index in [0.717, 1.165) is 6.08 Å². The summed E-state index contributed by atoms with van der Waals surface area (Å²) in [5.41, 5.74) is -1.18. The lowest BCUT2D eigenvalue weighted by Crippen LogP contribution is -2.29. The molecule has 1 aliphatic carbocycles. The predicted octanol–water partition coefficient (Wildman–Crippen LogP) is 6.35. The molecule has 0 saturated heterocycles. The second kappa shape index (κ2) is 6.96. The van der Waals surface area contributed by atoms with Crippen LogP contribution in [0.2, 0.25) is 5.02 Å². The van der Waals surface area contributed by atoms with Crippen LogP contribution in [0.4, 0.5) is 18.9 Å². The van der Waals surface area contributed by atoms with Crippen LogP contribution in [0.3, 0.4) is 0 Å². The maximum atomic E-state index is 13.1. The van der Waals surface area contributed by atoms with Gasteiger partial charge in [-0.15, -0.1) is 0 Å². The molecule has 0 saturated carbocycles. The molecule has 0 aliphatic heterocycles. The van der Waals surface area contributed by atoms with Crippen LogP contribution in [-0.2, 0) is 4.79 Å². The summed E-state index contributed by atoms with van der Waals surface area (Å²) in [5.74, 6) is -1.01. The standard InChI is InChI=1S/C18H16ClF3N2O/c1-17(2,3)14-8-11(9-15(16(14)25)18(20,21)22)10-23-24-13-6-4-12(19)5-7-13/h4-10H,1-3H3. The Balaban J connectivity index is 2.39. The highest BCUT2D eigenvalue weighted by Gasteiger charge is 2.43. The first-order valence-corrected chi connectivity index (χ1v) is 7.78. The number of benzene rings is 1. The Bertz CT molecular complexity index is 759. The van der Waals surface area contributed by atoms with E-state index in [1.165, 1.54) is 12.3 Å². The number of Topliss-reactive ketones (excluding diaryl/α,β-unsaturated/α-hetero) is 1. The SMILES string of the molecule is CC(C)(C)C1=CC(=CN=Nc2ccc(Cl)cc2)C=C(C(F)(F)F)C1=O. The molecule has 0 fully saturated rings. The molecule has 1 aromatic carbocycles. The topological polar surface area (TPSA) is 41.8 Å². The summed E-state index contributed by atoms with van der Waals surface area (Å²) >= 11 is 5.76. The number of ketones is 1. The molecular formula is C18H16ClF3N2O. The maximum Gasteiger partial charge on any atom is 0.420 e.